The molecular weight excluding hydrogens is 88.1 g/mol. The lowest BCUT2D eigenvalue weighted by Crippen LogP contribution is -1.89. The highest BCUT2D eigenvalue weighted by Crippen LogP contribution is 2.32. The monoisotopic (exact) mass is 97.1 g/mol. The third-order valence-corrected chi connectivity index (χ3v) is 1.21. The van der Waals surface area contributed by atoms with Gasteiger partial charge in [0.15, 0.2) is 0 Å². The highest BCUT2D eigenvalue weighted by Gasteiger charge is 2.24. The average Bonchev–Trinajstić information content (AvgIpc) is 2.17. The van der Waals surface area contributed by atoms with Gasteiger partial charge in [-0.1, -0.05) is 0 Å². The molecule has 0 N–H and O–H groups in total. The lowest BCUT2D eigenvalue weighted by molar-refractivity contribution is -0.115. The second-order valence-corrected chi connectivity index (χ2v) is 2.19. The molecule has 1 rings (SSSR count). The number of rotatable bonds is 2. The van der Waals surface area contributed by atoms with Crippen LogP contribution in [-0.4, -0.2) is 5.78 Å². The smallest absolute Gasteiger partial charge is 0.244 e. The van der Waals surface area contributed by atoms with E-state index in [9.17, 15) is 4.79 Å². The van der Waals surface area contributed by atoms with Gasteiger partial charge in [-0.05, 0) is 18.8 Å². The molecule has 1 heteroatoms. The first-order valence-electron chi connectivity index (χ1n) is 2.64. The fourth-order valence-corrected chi connectivity index (χ4v) is 0.644. The van der Waals surface area contributed by atoms with Gasteiger partial charge < -0.3 is 0 Å². The van der Waals surface area contributed by atoms with Crippen LogP contribution in [0.4, 0.5) is 0 Å². The van der Waals surface area contributed by atoms with Gasteiger partial charge in [-0.2, -0.15) is 0 Å². The molecule has 0 spiro atoms. The fourth-order valence-electron chi connectivity index (χ4n) is 0.644. The molecule has 38 valence electrons. The van der Waals surface area contributed by atoms with Gasteiger partial charge in [-0.15, -0.1) is 0 Å². The van der Waals surface area contributed by atoms with Crippen LogP contribution in [0.1, 0.15) is 19.3 Å². The van der Waals surface area contributed by atoms with Crippen LogP contribution in [0.3, 0.4) is 0 Å². The first-order chi connectivity index (χ1) is 3.29. The Morgan fingerprint density at radius 2 is 2.29 bits per heavy atom. The molecule has 1 nitrogen and oxygen atoms in total. The van der Waals surface area contributed by atoms with Crippen molar-refractivity contribution in [1.82, 2.24) is 0 Å². The van der Waals surface area contributed by atoms with E-state index in [1.807, 2.05) is 0 Å². The summed E-state index contributed by atoms with van der Waals surface area (Å²) in [6.07, 6.45) is 3.22. The summed E-state index contributed by atoms with van der Waals surface area (Å²) in [5.74, 6) is 0.813. The number of hydrogen-bond acceptors (Lipinski definition) is 1. The molecule has 0 bridgehead atoms. The molecule has 0 radical (unpaired) electrons. The van der Waals surface area contributed by atoms with Gasteiger partial charge in [0, 0.05) is 0 Å². The van der Waals surface area contributed by atoms with Crippen LogP contribution in [0, 0.1) is 12.8 Å². The van der Waals surface area contributed by atoms with Crippen LogP contribution in [0.5, 0.6) is 0 Å². The van der Waals surface area contributed by atoms with Gasteiger partial charge in [0.1, 0.15) is 6.92 Å². The van der Waals surface area contributed by atoms with Crippen LogP contribution in [-0.2, 0) is 4.79 Å². The zero-order valence-corrected chi connectivity index (χ0v) is 4.31. The summed E-state index contributed by atoms with van der Waals surface area (Å²) in [4.78, 5) is 10.2. The number of carbonyl (C=O) groups excluding carboxylic acids is 1. The normalized spacial score (nSPS) is 19.4. The third kappa shape index (κ3) is 1.62. The predicted molar refractivity (Wildman–Crippen MR) is 27.7 cm³/mol. The van der Waals surface area contributed by atoms with Crippen molar-refractivity contribution in [2.75, 3.05) is 0 Å². The van der Waals surface area contributed by atoms with Crippen molar-refractivity contribution in [3.63, 3.8) is 0 Å². The Hall–Kier alpha value is -0.460. The molecule has 0 aromatic rings. The maximum absolute atomic E-state index is 10.2. The fraction of sp³-hybridized carbons (Fsp3) is 0.667. The van der Waals surface area contributed by atoms with E-state index in [0.717, 1.165) is 6.42 Å². The lowest BCUT2D eigenvalue weighted by Gasteiger charge is -1.77. The highest BCUT2D eigenvalue weighted by molar-refractivity contribution is 5.82. The van der Waals surface area contributed by atoms with Gasteiger partial charge in [0.05, 0.1) is 6.42 Å². The van der Waals surface area contributed by atoms with E-state index in [2.05, 4.69) is 6.92 Å². The maximum atomic E-state index is 10.2. The van der Waals surface area contributed by atoms with Gasteiger partial charge in [0.25, 0.3) is 0 Å². The molecular formula is C6H9O+. The van der Waals surface area contributed by atoms with Gasteiger partial charge in [-0.25, -0.2) is 4.79 Å². The molecule has 0 amide bonds. The Kier molecular flexibility index (Phi) is 1.05. The minimum atomic E-state index is 0.0995. The van der Waals surface area contributed by atoms with E-state index in [0.29, 0.717) is 5.92 Å². The van der Waals surface area contributed by atoms with Crippen molar-refractivity contribution in [2.24, 2.45) is 5.92 Å². The molecule has 7 heavy (non-hydrogen) atoms. The first-order valence-corrected chi connectivity index (χ1v) is 2.64. The summed E-state index contributed by atoms with van der Waals surface area (Å²) in [7, 11) is 0. The number of ketones is 1. The lowest BCUT2D eigenvalue weighted by atomic mass is 10.2. The van der Waals surface area contributed by atoms with Crippen LogP contribution < -0.4 is 0 Å². The summed E-state index contributed by atoms with van der Waals surface area (Å²) in [5, 5.41) is 0. The second kappa shape index (κ2) is 1.57. The molecule has 1 aliphatic rings. The molecule has 1 saturated carbocycles. The Balaban J connectivity index is 2.08. The molecule has 0 saturated heterocycles. The maximum Gasteiger partial charge on any atom is 0.303 e. The number of Topliss-reactive ketones (excluding diaryl/α,β-unsaturated/α-hetero) is 1. The second-order valence-electron chi connectivity index (χ2n) is 2.19. The standard InChI is InChI=1S/C6H9O/c1-5(7)4-6-2-3-6/h6H,1-4H2/q+1. The minimum Gasteiger partial charge on any atom is -0.244 e. The van der Waals surface area contributed by atoms with Crippen LogP contribution in [0.2, 0.25) is 0 Å². The zero-order valence-electron chi connectivity index (χ0n) is 4.31. The van der Waals surface area contributed by atoms with Gasteiger partial charge in [0.2, 0.25) is 0 Å². The Bertz CT molecular complexity index is 82.2. The van der Waals surface area contributed by atoms with Crippen molar-refractivity contribution in [3.05, 3.63) is 6.92 Å². The van der Waals surface area contributed by atoms with Crippen molar-refractivity contribution < 1.29 is 4.79 Å². The summed E-state index contributed by atoms with van der Waals surface area (Å²) >= 11 is 0. The molecule has 0 aromatic carbocycles. The summed E-state index contributed by atoms with van der Waals surface area (Å²) in [5.41, 5.74) is 0. The van der Waals surface area contributed by atoms with Crippen molar-refractivity contribution in [3.8, 4) is 0 Å². The molecule has 0 aromatic heterocycles. The van der Waals surface area contributed by atoms with Crippen LogP contribution in [0.25, 0.3) is 0 Å². The minimum absolute atomic E-state index is 0.0995. The number of carbonyl (C=O) groups is 1. The van der Waals surface area contributed by atoms with Crippen LogP contribution in [0.15, 0.2) is 0 Å². The molecule has 1 fully saturated rings. The van der Waals surface area contributed by atoms with Crippen molar-refractivity contribution >= 4 is 5.78 Å². The van der Waals surface area contributed by atoms with E-state index in [4.69, 9.17) is 0 Å². The first kappa shape index (κ1) is 4.69. The topological polar surface area (TPSA) is 17.1 Å². The van der Waals surface area contributed by atoms with E-state index >= 15 is 0 Å². The van der Waals surface area contributed by atoms with Gasteiger partial charge in [-0.3, -0.25) is 0 Å². The predicted octanol–water partition coefficient (Wildman–Crippen LogP) is 1.19. The highest BCUT2D eigenvalue weighted by atomic mass is 16.1. The quantitative estimate of drug-likeness (QED) is 0.473. The SMILES string of the molecule is [CH2+]C(=O)CC1CC1. The number of hydrogen-bond donors (Lipinski definition) is 0. The van der Waals surface area contributed by atoms with Gasteiger partial charge >= 0.3 is 5.78 Å². The molecule has 0 unspecified atom stereocenters. The average molecular weight is 97.1 g/mol. The van der Waals surface area contributed by atoms with E-state index in [1.165, 1.54) is 12.8 Å². The zero-order chi connectivity index (χ0) is 5.28. The Morgan fingerprint density at radius 3 is 2.43 bits per heavy atom. The van der Waals surface area contributed by atoms with Crippen molar-refractivity contribution in [2.45, 2.75) is 19.3 Å². The molecule has 1 aliphatic carbocycles. The summed E-state index contributed by atoms with van der Waals surface area (Å²) in [6, 6.07) is 0. The largest absolute Gasteiger partial charge is 0.303 e. The molecule has 0 aliphatic heterocycles. The van der Waals surface area contributed by atoms with Crippen LogP contribution >= 0.6 is 0 Å². The summed E-state index contributed by atoms with van der Waals surface area (Å²) < 4.78 is 0. The van der Waals surface area contributed by atoms with E-state index in [-0.39, 0.29) is 5.78 Å². The Morgan fingerprint density at radius 1 is 1.71 bits per heavy atom. The van der Waals surface area contributed by atoms with E-state index in [1.54, 1.807) is 0 Å². The molecule has 0 heterocycles. The summed E-state index contributed by atoms with van der Waals surface area (Å²) in [6.45, 7) is 3.28. The molecule has 0 atom stereocenters. The Labute approximate surface area is 43.7 Å². The third-order valence-electron chi connectivity index (χ3n) is 1.21. The van der Waals surface area contributed by atoms with Crippen molar-refractivity contribution in [1.29, 1.82) is 0 Å². The van der Waals surface area contributed by atoms with E-state index < -0.39 is 0 Å².